The zero-order valence-electron chi connectivity index (χ0n) is 42.2. The zero-order valence-corrected chi connectivity index (χ0v) is 42.2. The Morgan fingerprint density at radius 2 is 1.21 bits per heavy atom. The summed E-state index contributed by atoms with van der Waals surface area (Å²) in [6.45, 7) is 34.0. The highest BCUT2D eigenvalue weighted by molar-refractivity contribution is 6.94. The van der Waals surface area contributed by atoms with Crippen LogP contribution in [0.5, 0.6) is 0 Å². The van der Waals surface area contributed by atoms with Crippen LogP contribution in [0, 0.1) is 18.3 Å². The Labute approximate surface area is 395 Å². The van der Waals surface area contributed by atoms with E-state index in [4.69, 9.17) is 4.42 Å². The van der Waals surface area contributed by atoms with Crippen molar-refractivity contribution < 1.29 is 4.42 Å². The number of allylic oxidation sites excluding steroid dienone is 3. The Balaban J connectivity index is 1.20. The summed E-state index contributed by atoms with van der Waals surface area (Å²) in [5.41, 5.74) is 25.5. The van der Waals surface area contributed by atoms with Gasteiger partial charge in [-0.05, 0) is 171 Å². The van der Waals surface area contributed by atoms with Gasteiger partial charge in [0.2, 0.25) is 0 Å². The van der Waals surface area contributed by atoms with Gasteiger partial charge >= 0.3 is 0 Å². The third kappa shape index (κ3) is 5.69. The van der Waals surface area contributed by atoms with Gasteiger partial charge in [0.05, 0.1) is 17.0 Å². The molecule has 3 heterocycles. The molecule has 12 rings (SSSR count). The van der Waals surface area contributed by atoms with Gasteiger partial charge in [0, 0.05) is 39.1 Å². The highest BCUT2D eigenvalue weighted by Crippen LogP contribution is 2.58. The van der Waals surface area contributed by atoms with E-state index in [0.29, 0.717) is 5.92 Å². The quantitative estimate of drug-likeness (QED) is 0.162. The predicted molar refractivity (Wildman–Crippen MR) is 281 cm³/mol. The topological polar surface area (TPSA) is 19.6 Å². The van der Waals surface area contributed by atoms with Gasteiger partial charge in [-0.15, -0.1) is 0 Å². The molecule has 3 nitrogen and oxygen atoms in total. The molecular formula is C62H69BN2O. The Hall–Kier alpha value is -5.22. The highest BCUT2D eigenvalue weighted by atomic mass is 16.3. The predicted octanol–water partition coefficient (Wildman–Crippen LogP) is 15.7. The lowest BCUT2D eigenvalue weighted by molar-refractivity contribution is 0.291. The van der Waals surface area contributed by atoms with Crippen molar-refractivity contribution in [3.8, 4) is 11.1 Å². The SMILES string of the molecule is Cc1cc2c3c(c1)N(c1ccc4c(c1)C(C)(C)CCC4(C)C)c1c(oc4cc5c(cc14)C(C)(C)CCC5(C)C)B3C1=C(C=CC(C(C)(C)C)C1)N2c1cccc2c1-c1ccccc1C2(C)C. The van der Waals surface area contributed by atoms with E-state index in [2.05, 4.69) is 204 Å². The fraction of sp³-hybridized carbons (Fsp3) is 0.419. The number of anilines is 5. The molecule has 5 aromatic carbocycles. The second-order valence-corrected chi connectivity index (χ2v) is 25.6. The average molecular weight is 869 g/mol. The van der Waals surface area contributed by atoms with E-state index < -0.39 is 0 Å². The van der Waals surface area contributed by atoms with Crippen LogP contribution in [0.4, 0.5) is 28.4 Å². The molecule has 2 aliphatic heterocycles. The minimum atomic E-state index is -0.111. The lowest BCUT2D eigenvalue weighted by Gasteiger charge is -2.47. The molecule has 1 atom stereocenters. The van der Waals surface area contributed by atoms with E-state index in [-0.39, 0.29) is 39.2 Å². The van der Waals surface area contributed by atoms with Gasteiger partial charge in [0.1, 0.15) is 5.58 Å². The molecule has 0 fully saturated rings. The van der Waals surface area contributed by atoms with Crippen molar-refractivity contribution in [3.63, 3.8) is 0 Å². The van der Waals surface area contributed by atoms with E-state index in [1.807, 2.05) is 0 Å². The summed E-state index contributed by atoms with van der Waals surface area (Å²) < 4.78 is 7.68. The standard InChI is InChI=1S/C62H69BN2O/c1-36-30-50-54-51(31-36)65(49-21-17-20-43-53(49)39-18-15-16-19-41(39)62(43,13)14)48-25-22-37(57(2,3)4)32-47(48)63(54)56-55(40-34-45-46(35-52(40)66-56)61(11,12)29-28-60(45,9)10)64(50)38-23-24-42-44(33-38)59(7,8)27-26-58(42,5)6/h15-25,30-31,33-35,37H,26-29,32H2,1-14H3. The summed E-state index contributed by atoms with van der Waals surface area (Å²) >= 11 is 0. The minimum Gasteiger partial charge on any atom is -0.468 e. The molecular weight excluding hydrogens is 800 g/mol. The van der Waals surface area contributed by atoms with Crippen LogP contribution in [-0.4, -0.2) is 6.71 Å². The number of fused-ring (bicyclic) bond motifs is 10. The molecule has 0 amide bonds. The van der Waals surface area contributed by atoms with E-state index in [0.717, 1.165) is 17.7 Å². The summed E-state index contributed by atoms with van der Waals surface area (Å²) in [7, 11) is 0. The summed E-state index contributed by atoms with van der Waals surface area (Å²) in [4.78, 5) is 5.34. The van der Waals surface area contributed by atoms with Crippen LogP contribution in [0.25, 0.3) is 22.1 Å². The first kappa shape index (κ1) is 42.2. The lowest BCUT2D eigenvalue weighted by atomic mass is 9.33. The number of hydrogen-bond donors (Lipinski definition) is 0. The molecule has 0 radical (unpaired) electrons. The van der Waals surface area contributed by atoms with Gasteiger partial charge in [0.25, 0.3) is 6.71 Å². The van der Waals surface area contributed by atoms with Crippen LogP contribution in [0.3, 0.4) is 0 Å². The Morgan fingerprint density at radius 3 is 1.89 bits per heavy atom. The van der Waals surface area contributed by atoms with Gasteiger partial charge in [-0.2, -0.15) is 0 Å². The van der Waals surface area contributed by atoms with Crippen molar-refractivity contribution in [2.45, 2.75) is 156 Å². The molecule has 4 heteroatoms. The first-order chi connectivity index (χ1) is 31.0. The molecule has 4 aliphatic carbocycles. The van der Waals surface area contributed by atoms with E-state index in [1.54, 1.807) is 0 Å². The van der Waals surface area contributed by atoms with Crippen molar-refractivity contribution in [3.05, 3.63) is 147 Å². The number of nitrogens with zero attached hydrogens (tertiary/aromatic N) is 2. The summed E-state index contributed by atoms with van der Waals surface area (Å²) in [6, 6.07) is 33.8. The normalized spacial score (nSPS) is 22.0. The number of hydrogen-bond acceptors (Lipinski definition) is 3. The lowest BCUT2D eigenvalue weighted by Crippen LogP contribution is -2.56. The Kier molecular flexibility index (Phi) is 8.48. The van der Waals surface area contributed by atoms with Crippen LogP contribution in [-0.2, 0) is 27.1 Å². The molecule has 6 aromatic rings. The minimum absolute atomic E-state index is 0.0400. The molecule has 0 saturated carbocycles. The molecule has 336 valence electrons. The van der Waals surface area contributed by atoms with Gasteiger partial charge < -0.3 is 14.2 Å². The van der Waals surface area contributed by atoms with Crippen molar-refractivity contribution in [2.24, 2.45) is 11.3 Å². The van der Waals surface area contributed by atoms with E-state index >= 15 is 0 Å². The Morgan fingerprint density at radius 1 is 0.606 bits per heavy atom. The van der Waals surface area contributed by atoms with E-state index in [9.17, 15) is 0 Å². The summed E-state index contributed by atoms with van der Waals surface area (Å²) in [6.07, 6.45) is 10.7. The smallest absolute Gasteiger partial charge is 0.293 e. The van der Waals surface area contributed by atoms with Crippen LogP contribution < -0.4 is 20.9 Å². The first-order valence-electron chi connectivity index (χ1n) is 25.2. The Bertz CT molecular complexity index is 3170. The molecule has 6 aliphatic rings. The highest BCUT2D eigenvalue weighted by Gasteiger charge is 2.51. The van der Waals surface area contributed by atoms with Crippen LogP contribution >= 0.6 is 0 Å². The van der Waals surface area contributed by atoms with E-state index in [1.165, 1.54) is 126 Å². The molecule has 0 bridgehead atoms. The number of aryl methyl sites for hydroxylation is 1. The summed E-state index contributed by atoms with van der Waals surface area (Å²) in [5.74, 6) is 0.376. The molecule has 0 N–H and O–H groups in total. The van der Waals surface area contributed by atoms with Crippen LogP contribution in [0.15, 0.2) is 113 Å². The second-order valence-electron chi connectivity index (χ2n) is 25.6. The number of benzene rings is 5. The molecule has 1 unspecified atom stereocenters. The van der Waals surface area contributed by atoms with Gasteiger partial charge in [0.15, 0.2) is 0 Å². The molecule has 0 spiro atoms. The van der Waals surface area contributed by atoms with Crippen molar-refractivity contribution in [2.75, 3.05) is 9.80 Å². The maximum atomic E-state index is 7.68. The van der Waals surface area contributed by atoms with Gasteiger partial charge in [-0.3, -0.25) is 0 Å². The third-order valence-electron chi connectivity index (χ3n) is 18.1. The monoisotopic (exact) mass is 869 g/mol. The van der Waals surface area contributed by atoms with Gasteiger partial charge in [-0.1, -0.05) is 144 Å². The number of furan rings is 1. The second kappa shape index (κ2) is 13.3. The van der Waals surface area contributed by atoms with Crippen LogP contribution in [0.1, 0.15) is 161 Å². The maximum Gasteiger partial charge on any atom is 0.293 e. The fourth-order valence-electron chi connectivity index (χ4n) is 13.7. The van der Waals surface area contributed by atoms with Crippen molar-refractivity contribution >= 4 is 57.2 Å². The first-order valence-corrected chi connectivity index (χ1v) is 25.2. The van der Waals surface area contributed by atoms with Crippen LogP contribution in [0.2, 0.25) is 0 Å². The third-order valence-corrected chi connectivity index (χ3v) is 18.1. The molecule has 0 saturated heterocycles. The summed E-state index contributed by atoms with van der Waals surface area (Å²) in [5, 5.41) is 1.24. The van der Waals surface area contributed by atoms with Gasteiger partial charge in [-0.25, -0.2) is 0 Å². The maximum absolute atomic E-state index is 7.68. The largest absolute Gasteiger partial charge is 0.468 e. The molecule has 66 heavy (non-hydrogen) atoms. The van der Waals surface area contributed by atoms with Crippen molar-refractivity contribution in [1.29, 1.82) is 0 Å². The van der Waals surface area contributed by atoms with Crippen molar-refractivity contribution in [1.82, 2.24) is 0 Å². The average Bonchev–Trinajstić information content (AvgIpc) is 3.74. The molecule has 1 aromatic heterocycles. The fourth-order valence-corrected chi connectivity index (χ4v) is 13.7. The number of rotatable bonds is 2. The zero-order chi connectivity index (χ0) is 46.4.